The Hall–Kier alpha value is -5.48. The second-order valence-corrected chi connectivity index (χ2v) is 30.5. The van der Waals surface area contributed by atoms with Crippen molar-refractivity contribution in [3.63, 3.8) is 0 Å². The van der Waals surface area contributed by atoms with Crippen LogP contribution in [0.2, 0.25) is 0 Å². The van der Waals surface area contributed by atoms with E-state index in [-0.39, 0.29) is 50.0 Å². The van der Waals surface area contributed by atoms with Gasteiger partial charge in [0.05, 0.1) is 17.0 Å². The Morgan fingerprint density at radius 2 is 0.842 bits per heavy atom. The highest BCUT2D eigenvalue weighted by molar-refractivity contribution is 7.00. The zero-order valence-corrected chi connectivity index (χ0v) is 49.7. The predicted octanol–water partition coefficient (Wildman–Crippen LogP) is 18.2. The second-order valence-electron chi connectivity index (χ2n) is 30.5. The Morgan fingerprint density at radius 3 is 1.39 bits per heavy atom. The van der Waals surface area contributed by atoms with Crippen molar-refractivity contribution in [1.29, 1.82) is 0 Å². The fourth-order valence-electron chi connectivity index (χ4n) is 15.9. The molecule has 4 aliphatic carbocycles. The van der Waals surface area contributed by atoms with Crippen molar-refractivity contribution >= 4 is 68.4 Å². The van der Waals surface area contributed by atoms with Crippen LogP contribution in [0.3, 0.4) is 0 Å². The highest BCUT2D eigenvalue weighted by atomic mass is 16.3. The van der Waals surface area contributed by atoms with E-state index in [4.69, 9.17) is 4.42 Å². The Bertz CT molecular complexity index is 3660. The van der Waals surface area contributed by atoms with Gasteiger partial charge in [-0.3, -0.25) is 0 Å². The first-order valence-corrected chi connectivity index (χ1v) is 29.4. The first-order chi connectivity index (χ1) is 35.4. The summed E-state index contributed by atoms with van der Waals surface area (Å²) in [6, 6.07) is 37.5. The molecule has 0 amide bonds. The largest absolute Gasteiger partial charge is 0.468 e. The number of aryl methyl sites for hydroxylation is 2. The van der Waals surface area contributed by atoms with Gasteiger partial charge in [0.25, 0.3) is 6.71 Å². The third kappa shape index (κ3) is 7.05. The van der Waals surface area contributed by atoms with Crippen LogP contribution in [-0.4, -0.2) is 6.71 Å². The summed E-state index contributed by atoms with van der Waals surface area (Å²) in [6.45, 7) is 44.2. The number of anilines is 6. The second kappa shape index (κ2) is 15.6. The molecule has 0 fully saturated rings. The quantitative estimate of drug-likeness (QED) is 0.164. The van der Waals surface area contributed by atoms with Gasteiger partial charge in [0.2, 0.25) is 0 Å². The molecule has 2 aliphatic heterocycles. The van der Waals surface area contributed by atoms with E-state index in [1.165, 1.54) is 130 Å². The molecule has 392 valence electrons. The van der Waals surface area contributed by atoms with Crippen molar-refractivity contribution in [2.45, 2.75) is 219 Å². The molecular weight excluding hydrogens is 920 g/mol. The zero-order chi connectivity index (χ0) is 54.0. The Labute approximate surface area is 457 Å². The van der Waals surface area contributed by atoms with Gasteiger partial charge in [-0.25, -0.2) is 0 Å². The van der Waals surface area contributed by atoms with Crippen LogP contribution in [0.4, 0.5) is 34.1 Å². The highest BCUT2D eigenvalue weighted by Gasteiger charge is 2.51. The summed E-state index contributed by atoms with van der Waals surface area (Å²) in [7, 11) is 0. The molecule has 0 unspecified atom stereocenters. The minimum absolute atomic E-state index is 0.00562. The molecule has 1 aromatic heterocycles. The molecule has 6 aliphatic rings. The molecule has 0 saturated heterocycles. The van der Waals surface area contributed by atoms with Crippen LogP contribution in [0, 0.1) is 13.8 Å². The summed E-state index contributed by atoms with van der Waals surface area (Å²) in [5.74, 6) is 0. The average Bonchev–Trinajstić information content (AvgIpc) is 3.88. The molecule has 6 aromatic carbocycles. The first kappa shape index (κ1) is 50.1. The summed E-state index contributed by atoms with van der Waals surface area (Å²) in [4.78, 5) is 5.45. The van der Waals surface area contributed by atoms with Crippen LogP contribution >= 0.6 is 0 Å². The number of hydrogen-bond acceptors (Lipinski definition) is 3. The topological polar surface area (TPSA) is 19.6 Å². The molecule has 0 spiro atoms. The number of furan rings is 1. The van der Waals surface area contributed by atoms with E-state index in [1.807, 2.05) is 0 Å². The first-order valence-electron chi connectivity index (χ1n) is 29.4. The standard InChI is InChI=1S/C72H85BN2O/c1-42-33-59-62-60(34-42)75(57-39-53-50(67(7,8)27-30-70(53,13)14)36-46(57)45-22-20-19-21-43(45)2)58-40-54-52(69(11,12)29-31-71(54,15)16)38-56(58)73(62)64-63(47-37-51-55(41-61(47)76-64)72(17,18)32-28-68(51,9)10)74(59)44-23-24-48-49(35-44)66(5,6)26-25-65(48,3)4/h19-24,33-41H,25-32H2,1-18H3. The monoisotopic (exact) mass is 1000 g/mol. The van der Waals surface area contributed by atoms with E-state index in [1.54, 1.807) is 0 Å². The molecule has 3 heterocycles. The van der Waals surface area contributed by atoms with E-state index < -0.39 is 0 Å². The van der Waals surface area contributed by atoms with Crippen molar-refractivity contribution in [2.75, 3.05) is 9.80 Å². The fraction of sp³-hybridized carbons (Fsp3) is 0.472. The van der Waals surface area contributed by atoms with Gasteiger partial charge in [-0.2, -0.15) is 0 Å². The van der Waals surface area contributed by atoms with Crippen LogP contribution in [-0.2, 0) is 43.3 Å². The SMILES string of the molecule is Cc1cc2c3c(c1)N(c1ccc4c(c1)C(C)(C)CCC4(C)C)c1c(oc4cc5c(cc14)C(C)(C)CCC5(C)C)B3c1cc3c(cc1N2c1cc2c(cc1-c1ccccc1C)C(C)(C)CCC2(C)C)C(C)(C)CCC3(C)C. The lowest BCUT2D eigenvalue weighted by atomic mass is 9.35. The van der Waals surface area contributed by atoms with Gasteiger partial charge in [0.1, 0.15) is 5.58 Å². The normalized spacial score (nSPS) is 21.9. The molecule has 7 aromatic rings. The van der Waals surface area contributed by atoms with Crippen molar-refractivity contribution in [2.24, 2.45) is 0 Å². The maximum Gasteiger partial charge on any atom is 0.297 e. The average molecular weight is 1010 g/mol. The van der Waals surface area contributed by atoms with Gasteiger partial charge < -0.3 is 14.2 Å². The number of hydrogen-bond donors (Lipinski definition) is 0. The summed E-state index contributed by atoms with van der Waals surface area (Å²) in [5, 5.41) is 1.23. The van der Waals surface area contributed by atoms with Crippen LogP contribution in [0.15, 0.2) is 95.4 Å². The van der Waals surface area contributed by atoms with Crippen molar-refractivity contribution in [3.05, 3.63) is 147 Å². The molecule has 0 bridgehead atoms. The van der Waals surface area contributed by atoms with Gasteiger partial charge in [-0.15, -0.1) is 0 Å². The number of fused-ring (bicyclic) bond motifs is 10. The Morgan fingerprint density at radius 1 is 0.395 bits per heavy atom. The van der Waals surface area contributed by atoms with Crippen LogP contribution in [0.1, 0.15) is 218 Å². The Balaban J connectivity index is 1.20. The van der Waals surface area contributed by atoms with Crippen molar-refractivity contribution < 1.29 is 4.42 Å². The third-order valence-electron chi connectivity index (χ3n) is 21.5. The molecule has 0 radical (unpaired) electrons. The van der Waals surface area contributed by atoms with Gasteiger partial charge in [0.15, 0.2) is 0 Å². The minimum Gasteiger partial charge on any atom is -0.468 e. The minimum atomic E-state index is -0.136. The summed E-state index contributed by atoms with van der Waals surface area (Å²) >= 11 is 0. The number of rotatable bonds is 3. The summed E-state index contributed by atoms with van der Waals surface area (Å²) in [6.07, 6.45) is 9.30. The fourth-order valence-corrected chi connectivity index (χ4v) is 15.9. The summed E-state index contributed by atoms with van der Waals surface area (Å²) in [5.41, 5.74) is 29.6. The molecule has 4 heteroatoms. The molecule has 13 rings (SSSR count). The van der Waals surface area contributed by atoms with E-state index in [0.717, 1.165) is 49.8 Å². The molecule has 3 nitrogen and oxygen atoms in total. The number of benzene rings is 6. The molecular formula is C72H85BN2O. The van der Waals surface area contributed by atoms with E-state index in [0.29, 0.717) is 0 Å². The Kier molecular flexibility index (Phi) is 10.3. The molecule has 0 saturated carbocycles. The van der Waals surface area contributed by atoms with Crippen molar-refractivity contribution in [3.8, 4) is 11.1 Å². The van der Waals surface area contributed by atoms with Crippen LogP contribution in [0.5, 0.6) is 0 Å². The van der Waals surface area contributed by atoms with Gasteiger partial charge in [-0.05, 0) is 235 Å². The lowest BCUT2D eigenvalue weighted by molar-refractivity contribution is 0.332. The van der Waals surface area contributed by atoms with Gasteiger partial charge in [-0.1, -0.05) is 147 Å². The zero-order valence-electron chi connectivity index (χ0n) is 49.7. The van der Waals surface area contributed by atoms with E-state index in [9.17, 15) is 0 Å². The van der Waals surface area contributed by atoms with E-state index >= 15 is 0 Å². The van der Waals surface area contributed by atoms with Gasteiger partial charge in [0, 0.05) is 33.7 Å². The lowest BCUT2D eigenvalue weighted by Crippen LogP contribution is -2.61. The molecule has 0 atom stereocenters. The number of nitrogens with zero attached hydrogens (tertiary/aromatic N) is 2. The maximum absolute atomic E-state index is 7.84. The smallest absolute Gasteiger partial charge is 0.297 e. The lowest BCUT2D eigenvalue weighted by Gasteiger charge is -2.48. The molecule has 0 N–H and O–H groups in total. The summed E-state index contributed by atoms with van der Waals surface area (Å²) < 4.78 is 7.84. The van der Waals surface area contributed by atoms with Crippen LogP contribution < -0.4 is 26.4 Å². The maximum atomic E-state index is 7.84. The van der Waals surface area contributed by atoms with Crippen LogP contribution in [0.25, 0.3) is 22.1 Å². The van der Waals surface area contributed by atoms with Crippen molar-refractivity contribution in [1.82, 2.24) is 0 Å². The third-order valence-corrected chi connectivity index (χ3v) is 21.5. The van der Waals surface area contributed by atoms with Gasteiger partial charge >= 0.3 is 0 Å². The molecule has 76 heavy (non-hydrogen) atoms. The predicted molar refractivity (Wildman–Crippen MR) is 326 cm³/mol. The highest BCUT2D eigenvalue weighted by Crippen LogP contribution is 2.57. The van der Waals surface area contributed by atoms with E-state index in [2.05, 4.69) is 225 Å².